The standard InChI is InChI=1S/C13H22N2/c1-9(7-14)8-15-13-6-5-10(2)11(3)12(13)4/h5-6,9,15H,7-8,14H2,1-4H3. The summed E-state index contributed by atoms with van der Waals surface area (Å²) >= 11 is 0. The highest BCUT2D eigenvalue weighted by atomic mass is 14.9. The summed E-state index contributed by atoms with van der Waals surface area (Å²) in [6, 6.07) is 4.32. The van der Waals surface area contributed by atoms with Crippen LogP contribution in [0.25, 0.3) is 0 Å². The number of anilines is 1. The minimum absolute atomic E-state index is 0.519. The van der Waals surface area contributed by atoms with E-state index in [1.807, 2.05) is 0 Å². The van der Waals surface area contributed by atoms with Crippen LogP contribution < -0.4 is 11.1 Å². The SMILES string of the molecule is Cc1ccc(NCC(C)CN)c(C)c1C. The van der Waals surface area contributed by atoms with Crippen LogP contribution in [0.3, 0.4) is 0 Å². The lowest BCUT2D eigenvalue weighted by molar-refractivity contribution is 0.628. The molecule has 0 aliphatic carbocycles. The lowest BCUT2D eigenvalue weighted by Crippen LogP contribution is -2.20. The Kier molecular flexibility index (Phi) is 4.15. The molecule has 2 nitrogen and oxygen atoms in total. The molecule has 1 aromatic carbocycles. The normalized spacial score (nSPS) is 12.6. The second kappa shape index (κ2) is 5.17. The summed E-state index contributed by atoms with van der Waals surface area (Å²) in [5.41, 5.74) is 10.9. The number of hydrogen-bond donors (Lipinski definition) is 2. The van der Waals surface area contributed by atoms with Crippen molar-refractivity contribution in [2.24, 2.45) is 11.7 Å². The summed E-state index contributed by atoms with van der Waals surface area (Å²) in [5.74, 6) is 0.519. The van der Waals surface area contributed by atoms with Crippen molar-refractivity contribution in [3.05, 3.63) is 28.8 Å². The van der Waals surface area contributed by atoms with Gasteiger partial charge in [0.05, 0.1) is 0 Å². The fraction of sp³-hybridized carbons (Fsp3) is 0.538. The van der Waals surface area contributed by atoms with Gasteiger partial charge in [-0.3, -0.25) is 0 Å². The molecule has 84 valence electrons. The second-order valence-electron chi connectivity index (χ2n) is 4.40. The maximum Gasteiger partial charge on any atom is 0.0372 e. The van der Waals surface area contributed by atoms with E-state index in [9.17, 15) is 0 Å². The van der Waals surface area contributed by atoms with Crippen molar-refractivity contribution < 1.29 is 0 Å². The molecule has 0 heterocycles. The molecule has 0 saturated heterocycles. The van der Waals surface area contributed by atoms with E-state index < -0.39 is 0 Å². The fourth-order valence-electron chi connectivity index (χ4n) is 1.52. The topological polar surface area (TPSA) is 38.0 Å². The average molecular weight is 206 g/mol. The maximum absolute atomic E-state index is 5.59. The number of hydrogen-bond acceptors (Lipinski definition) is 2. The molecule has 2 heteroatoms. The van der Waals surface area contributed by atoms with Crippen molar-refractivity contribution in [2.75, 3.05) is 18.4 Å². The summed E-state index contributed by atoms with van der Waals surface area (Å²) in [6.07, 6.45) is 0. The van der Waals surface area contributed by atoms with Gasteiger partial charge in [0.2, 0.25) is 0 Å². The van der Waals surface area contributed by atoms with Gasteiger partial charge in [0.25, 0.3) is 0 Å². The zero-order chi connectivity index (χ0) is 11.4. The molecule has 0 spiro atoms. The van der Waals surface area contributed by atoms with Gasteiger partial charge in [-0.25, -0.2) is 0 Å². The van der Waals surface area contributed by atoms with Gasteiger partial charge in [-0.2, -0.15) is 0 Å². The third-order valence-electron chi connectivity index (χ3n) is 3.10. The Morgan fingerprint density at radius 1 is 1.20 bits per heavy atom. The van der Waals surface area contributed by atoms with Gasteiger partial charge < -0.3 is 11.1 Å². The van der Waals surface area contributed by atoms with Crippen LogP contribution in [0, 0.1) is 26.7 Å². The van der Waals surface area contributed by atoms with E-state index in [4.69, 9.17) is 5.73 Å². The lowest BCUT2D eigenvalue weighted by Gasteiger charge is -2.15. The largest absolute Gasteiger partial charge is 0.385 e. The van der Waals surface area contributed by atoms with Crippen LogP contribution in [-0.4, -0.2) is 13.1 Å². The summed E-state index contributed by atoms with van der Waals surface area (Å²) in [6.45, 7) is 10.3. The van der Waals surface area contributed by atoms with Crippen molar-refractivity contribution >= 4 is 5.69 Å². The minimum atomic E-state index is 0.519. The summed E-state index contributed by atoms with van der Waals surface area (Å²) in [5, 5.41) is 3.45. The third-order valence-corrected chi connectivity index (χ3v) is 3.10. The molecule has 0 fully saturated rings. The molecule has 3 N–H and O–H groups in total. The molecule has 0 radical (unpaired) electrons. The van der Waals surface area contributed by atoms with Crippen molar-refractivity contribution in [3.63, 3.8) is 0 Å². The first kappa shape index (κ1) is 12.1. The lowest BCUT2D eigenvalue weighted by atomic mass is 10.0. The molecular weight excluding hydrogens is 184 g/mol. The van der Waals surface area contributed by atoms with Gasteiger partial charge in [-0.05, 0) is 56.0 Å². The van der Waals surface area contributed by atoms with Gasteiger partial charge in [-0.15, -0.1) is 0 Å². The first-order valence-electron chi connectivity index (χ1n) is 5.57. The predicted octanol–water partition coefficient (Wildman–Crippen LogP) is 2.62. The van der Waals surface area contributed by atoms with Crippen molar-refractivity contribution in [1.29, 1.82) is 0 Å². The zero-order valence-electron chi connectivity index (χ0n) is 10.2. The third kappa shape index (κ3) is 2.96. The van der Waals surface area contributed by atoms with Gasteiger partial charge in [0.15, 0.2) is 0 Å². The first-order chi connectivity index (χ1) is 7.06. The average Bonchev–Trinajstić information content (AvgIpc) is 2.24. The first-order valence-corrected chi connectivity index (χ1v) is 5.57. The van der Waals surface area contributed by atoms with Crippen LogP contribution in [-0.2, 0) is 0 Å². The summed E-state index contributed by atoms with van der Waals surface area (Å²) in [7, 11) is 0. The Labute approximate surface area is 92.9 Å². The molecule has 0 bridgehead atoms. The predicted molar refractivity (Wildman–Crippen MR) is 67.4 cm³/mol. The Morgan fingerprint density at radius 2 is 1.87 bits per heavy atom. The quantitative estimate of drug-likeness (QED) is 0.794. The van der Waals surface area contributed by atoms with Crippen LogP contribution in [0.2, 0.25) is 0 Å². The Balaban J connectivity index is 2.74. The van der Waals surface area contributed by atoms with E-state index in [-0.39, 0.29) is 0 Å². The van der Waals surface area contributed by atoms with E-state index in [0.29, 0.717) is 5.92 Å². The van der Waals surface area contributed by atoms with Crippen LogP contribution in [0.15, 0.2) is 12.1 Å². The maximum atomic E-state index is 5.59. The summed E-state index contributed by atoms with van der Waals surface area (Å²) < 4.78 is 0. The molecular formula is C13H22N2. The van der Waals surface area contributed by atoms with Gasteiger partial charge in [-0.1, -0.05) is 13.0 Å². The van der Waals surface area contributed by atoms with Gasteiger partial charge in [0.1, 0.15) is 0 Å². The number of nitrogens with one attached hydrogen (secondary N) is 1. The number of benzene rings is 1. The Bertz CT molecular complexity index is 332. The minimum Gasteiger partial charge on any atom is -0.385 e. The molecule has 0 aromatic heterocycles. The number of aryl methyl sites for hydroxylation is 1. The van der Waals surface area contributed by atoms with Crippen molar-refractivity contribution in [1.82, 2.24) is 0 Å². The molecule has 0 amide bonds. The summed E-state index contributed by atoms with van der Waals surface area (Å²) in [4.78, 5) is 0. The van der Waals surface area contributed by atoms with E-state index >= 15 is 0 Å². The number of rotatable bonds is 4. The molecule has 0 aliphatic rings. The molecule has 0 saturated carbocycles. The van der Waals surface area contributed by atoms with E-state index in [1.54, 1.807) is 0 Å². The Morgan fingerprint density at radius 3 is 2.47 bits per heavy atom. The van der Waals surface area contributed by atoms with Gasteiger partial charge in [0, 0.05) is 12.2 Å². The molecule has 1 unspecified atom stereocenters. The number of nitrogens with two attached hydrogens (primary N) is 1. The highest BCUT2D eigenvalue weighted by molar-refractivity contribution is 5.55. The van der Waals surface area contributed by atoms with Crippen molar-refractivity contribution in [2.45, 2.75) is 27.7 Å². The van der Waals surface area contributed by atoms with Crippen LogP contribution >= 0.6 is 0 Å². The molecule has 1 atom stereocenters. The highest BCUT2D eigenvalue weighted by Crippen LogP contribution is 2.21. The fourth-order valence-corrected chi connectivity index (χ4v) is 1.52. The zero-order valence-corrected chi connectivity index (χ0v) is 10.2. The smallest absolute Gasteiger partial charge is 0.0372 e. The van der Waals surface area contributed by atoms with E-state index in [0.717, 1.165) is 13.1 Å². The Hall–Kier alpha value is -1.02. The monoisotopic (exact) mass is 206 g/mol. The second-order valence-corrected chi connectivity index (χ2v) is 4.40. The van der Waals surface area contributed by atoms with E-state index in [2.05, 4.69) is 45.1 Å². The van der Waals surface area contributed by atoms with Gasteiger partial charge >= 0.3 is 0 Å². The molecule has 0 aliphatic heterocycles. The van der Waals surface area contributed by atoms with Crippen molar-refractivity contribution in [3.8, 4) is 0 Å². The van der Waals surface area contributed by atoms with Crippen LogP contribution in [0.1, 0.15) is 23.6 Å². The van der Waals surface area contributed by atoms with Crippen LogP contribution in [0.4, 0.5) is 5.69 Å². The molecule has 1 rings (SSSR count). The molecule has 1 aromatic rings. The van der Waals surface area contributed by atoms with Crippen LogP contribution in [0.5, 0.6) is 0 Å². The highest BCUT2D eigenvalue weighted by Gasteiger charge is 2.04. The molecule has 15 heavy (non-hydrogen) atoms. The van der Waals surface area contributed by atoms with E-state index in [1.165, 1.54) is 22.4 Å².